The molecule has 1 radical (unpaired) electrons. The van der Waals surface area contributed by atoms with E-state index in [1.807, 2.05) is 0 Å². The molecule has 2 aliphatic carbocycles. The number of alkyl halides is 3. The van der Waals surface area contributed by atoms with Crippen LogP contribution in [0.5, 0.6) is 11.6 Å². The number of hydrogen-bond acceptors (Lipinski definition) is 13. The molecule has 6 rings (SSSR count). The number of carbonyl (C=O) groups excluding carboxylic acids is 3. The van der Waals surface area contributed by atoms with E-state index in [1.54, 1.807) is 49.8 Å². The Morgan fingerprint density at radius 1 is 1.16 bits per heavy atom. The average Bonchev–Trinajstić information content (AvgIpc) is 4.01. The van der Waals surface area contributed by atoms with E-state index in [4.69, 9.17) is 35.1 Å². The van der Waals surface area contributed by atoms with Gasteiger partial charge in [-0.15, -0.1) is 0 Å². The smallest absolute Gasteiger partial charge is 0.391 e. The van der Waals surface area contributed by atoms with Crippen molar-refractivity contribution in [3.05, 3.63) is 29.3 Å². The Morgan fingerprint density at radius 2 is 1.83 bits per heavy atom. The van der Waals surface area contributed by atoms with Gasteiger partial charge in [0.05, 0.1) is 35.7 Å². The molecule has 2 aromatic rings. The van der Waals surface area contributed by atoms with Gasteiger partial charge in [-0.05, 0) is 69.9 Å². The van der Waals surface area contributed by atoms with Crippen LogP contribution in [0.25, 0.3) is 10.9 Å². The van der Waals surface area contributed by atoms with E-state index in [0.717, 1.165) is 0 Å². The zero-order valence-electron chi connectivity index (χ0n) is 32.3. The van der Waals surface area contributed by atoms with E-state index in [2.05, 4.69) is 15.8 Å². The number of halogens is 4. The summed E-state index contributed by atoms with van der Waals surface area (Å²) in [5, 5.41) is 21.3. The van der Waals surface area contributed by atoms with Crippen molar-refractivity contribution in [1.82, 2.24) is 25.4 Å². The molecule has 58 heavy (non-hydrogen) atoms. The molecule has 16 nitrogen and oxygen atoms in total. The van der Waals surface area contributed by atoms with Crippen LogP contribution in [0, 0.1) is 11.8 Å². The van der Waals surface area contributed by atoms with Crippen molar-refractivity contribution in [2.75, 3.05) is 33.0 Å². The van der Waals surface area contributed by atoms with Crippen LogP contribution in [-0.4, -0.2) is 115 Å². The van der Waals surface area contributed by atoms with Gasteiger partial charge in [-0.2, -0.15) is 27.1 Å². The number of nitrogens with zero attached hydrogens (tertiary/aromatic N) is 2. The number of fused-ring (bicyclic) bond motifs is 1. The topological polar surface area (TPSA) is 215 Å². The summed E-state index contributed by atoms with van der Waals surface area (Å²) in [7, 11) is -5.01. The predicted octanol–water partition coefficient (Wildman–Crippen LogP) is 3.55. The number of aliphatic hydroxyl groups is 1. The molecule has 1 aromatic heterocycles. The Hall–Kier alpha value is -2.43. The van der Waals surface area contributed by atoms with Gasteiger partial charge in [-0.3, -0.25) is 14.4 Å². The van der Waals surface area contributed by atoms with E-state index >= 15 is 0 Å². The molecule has 1 aromatic carbocycles. The predicted molar refractivity (Wildman–Crippen MR) is 198 cm³/mol. The SMILES string of the molecule is CCO.CCOc1cc(O[C@@H]2CC(C(=O)NC3(C(=O)NS(=O)(=O)OC4(CC(F)(F)F)CC4)CC3CC)N(C(=O)[C@@H](NO)C3CCOCC3)C2)c2cccc(Cl)c2n1.[Y]. The number of pyridine rings is 1. The second-order valence-electron chi connectivity index (χ2n) is 14.6. The molecule has 3 heterocycles. The number of para-hydroxylation sites is 1. The first-order chi connectivity index (χ1) is 26.9. The minimum absolute atomic E-state index is 0. The number of aliphatic hydroxyl groups excluding tert-OH is 1. The third-order valence-corrected chi connectivity index (χ3v) is 11.8. The van der Waals surface area contributed by atoms with Crippen molar-refractivity contribution in [3.8, 4) is 11.6 Å². The summed E-state index contributed by atoms with van der Waals surface area (Å²) in [6.07, 6.45) is -6.12. The van der Waals surface area contributed by atoms with E-state index < -0.39 is 75.9 Å². The Balaban J connectivity index is 0.00000180. The van der Waals surface area contributed by atoms with Crippen molar-refractivity contribution in [2.45, 2.75) is 108 Å². The molecule has 321 valence electrons. The van der Waals surface area contributed by atoms with Gasteiger partial charge >= 0.3 is 16.5 Å². The monoisotopic (exact) mass is 940 g/mol. The Morgan fingerprint density at radius 3 is 2.40 bits per heavy atom. The molecule has 2 saturated heterocycles. The first-order valence-electron chi connectivity index (χ1n) is 18.9. The number of benzene rings is 1. The maximum atomic E-state index is 14.2. The number of amides is 3. The third kappa shape index (κ3) is 11.7. The molecule has 0 spiro atoms. The van der Waals surface area contributed by atoms with Crippen LogP contribution in [0.3, 0.4) is 0 Å². The molecule has 2 aliphatic heterocycles. The van der Waals surface area contributed by atoms with Crippen LogP contribution in [0.4, 0.5) is 13.2 Å². The number of hydrogen-bond donors (Lipinski definition) is 5. The second-order valence-corrected chi connectivity index (χ2v) is 16.3. The van der Waals surface area contributed by atoms with Crippen LogP contribution >= 0.6 is 11.6 Å². The van der Waals surface area contributed by atoms with Crippen LogP contribution < -0.4 is 25.0 Å². The largest absolute Gasteiger partial charge is 0.488 e. The molecule has 0 bridgehead atoms. The number of nitrogens with one attached hydrogen (secondary N) is 3. The summed E-state index contributed by atoms with van der Waals surface area (Å²) in [4.78, 5) is 47.7. The molecule has 4 fully saturated rings. The average molecular weight is 941 g/mol. The van der Waals surface area contributed by atoms with Crippen LogP contribution in [0.15, 0.2) is 24.3 Å². The molecule has 2 saturated carbocycles. The number of carbonyl (C=O) groups is 3. The molecule has 4 aliphatic rings. The van der Waals surface area contributed by atoms with E-state index in [-0.39, 0.29) is 83.3 Å². The van der Waals surface area contributed by atoms with Crippen LogP contribution in [-0.2, 0) is 66.3 Å². The van der Waals surface area contributed by atoms with Crippen LogP contribution in [0.2, 0.25) is 5.02 Å². The summed E-state index contributed by atoms with van der Waals surface area (Å²) in [6, 6.07) is 4.32. The molecular weight excluding hydrogens is 892 g/mol. The van der Waals surface area contributed by atoms with E-state index in [1.165, 1.54) is 4.90 Å². The van der Waals surface area contributed by atoms with Gasteiger partial charge < -0.3 is 34.7 Å². The summed E-state index contributed by atoms with van der Waals surface area (Å²) >= 11 is 6.45. The molecule has 22 heteroatoms. The summed E-state index contributed by atoms with van der Waals surface area (Å²) in [5.74, 6) is -2.88. The molecule has 3 amide bonds. The van der Waals surface area contributed by atoms with Gasteiger partial charge in [0.2, 0.25) is 17.7 Å². The van der Waals surface area contributed by atoms with Gasteiger partial charge in [0.25, 0.3) is 5.91 Å². The third-order valence-electron chi connectivity index (χ3n) is 10.5. The van der Waals surface area contributed by atoms with E-state index in [9.17, 15) is 41.2 Å². The van der Waals surface area contributed by atoms with Crippen molar-refractivity contribution in [2.24, 2.45) is 11.8 Å². The zero-order valence-corrected chi connectivity index (χ0v) is 36.8. The Bertz CT molecular complexity index is 1890. The first-order valence-corrected chi connectivity index (χ1v) is 20.7. The fourth-order valence-electron chi connectivity index (χ4n) is 7.49. The minimum Gasteiger partial charge on any atom is -0.488 e. The van der Waals surface area contributed by atoms with Crippen molar-refractivity contribution >= 4 is 50.5 Å². The zero-order chi connectivity index (χ0) is 41.8. The van der Waals surface area contributed by atoms with Crippen molar-refractivity contribution in [1.29, 1.82) is 0 Å². The van der Waals surface area contributed by atoms with Gasteiger partial charge in [0, 0.05) is 70.4 Å². The molecular formula is C36H49ClF3N5O11SY. The number of hydroxylamine groups is 1. The van der Waals surface area contributed by atoms with Gasteiger partial charge in [-0.25, -0.2) is 13.9 Å². The fourth-order valence-corrected chi connectivity index (χ4v) is 8.85. The maximum absolute atomic E-state index is 14.2. The summed E-state index contributed by atoms with van der Waals surface area (Å²) in [6.45, 7) is 6.35. The normalized spacial score (nSPS) is 24.4. The molecule has 5 atom stereocenters. The molecule has 3 unspecified atom stereocenters. The van der Waals surface area contributed by atoms with Gasteiger partial charge in [0.15, 0.2) is 0 Å². The number of ether oxygens (including phenoxy) is 3. The van der Waals surface area contributed by atoms with Gasteiger partial charge in [0.1, 0.15) is 29.5 Å². The Labute approximate surface area is 364 Å². The maximum Gasteiger partial charge on any atom is 0.391 e. The van der Waals surface area contributed by atoms with E-state index in [0.29, 0.717) is 60.8 Å². The fraction of sp³-hybridized carbons (Fsp3) is 0.667. The first kappa shape index (κ1) is 48.2. The number of likely N-dealkylation sites (tertiary alicyclic amines) is 1. The minimum atomic E-state index is -5.01. The summed E-state index contributed by atoms with van der Waals surface area (Å²) < 4.78 is 88.9. The van der Waals surface area contributed by atoms with Gasteiger partial charge in [-0.1, -0.05) is 31.0 Å². The van der Waals surface area contributed by atoms with Crippen molar-refractivity contribution < 1.29 is 97.4 Å². The standard InChI is InChI=1S/C34H43ClF3N5O10S.C2H6O.Y/c1-3-20-16-33(20,31(46)42-54(48,49)53-32(10-11-32)18-34(36,37)38)40-29(44)24-14-21(17-43(24)30(45)27(41-47)19-8-12-50-13-9-19)52-25-15-26(51-4-2)39-28-22(25)6-5-7-23(28)35;1-2-3;/h5-7,15,19-21,24,27,41,47H,3-4,8-14,16-18H2,1-2H3,(H,40,44)(H,42,46);3H,2H2,1H3;/t20?,21-,24?,27+,33?;;/m1../s1. The molecule has 5 N–H and O–H groups in total. The van der Waals surface area contributed by atoms with Crippen LogP contribution in [0.1, 0.15) is 72.1 Å². The second kappa shape index (κ2) is 20.0. The summed E-state index contributed by atoms with van der Waals surface area (Å²) in [5.41, 5.74) is -1.24. The number of aromatic nitrogens is 1. The van der Waals surface area contributed by atoms with Crippen molar-refractivity contribution in [3.63, 3.8) is 0 Å². The number of rotatable bonds is 15. The Kier molecular flexibility index (Phi) is 16.6. The quantitative estimate of drug-likeness (QED) is 0.162.